The van der Waals surface area contributed by atoms with E-state index in [2.05, 4.69) is 22.3 Å². The van der Waals surface area contributed by atoms with E-state index in [0.717, 1.165) is 31.6 Å². The summed E-state index contributed by atoms with van der Waals surface area (Å²) in [4.78, 5) is 4.34. The Morgan fingerprint density at radius 2 is 2.35 bits per heavy atom. The van der Waals surface area contributed by atoms with E-state index in [0.29, 0.717) is 6.04 Å². The molecule has 0 radical (unpaired) electrons. The third kappa shape index (κ3) is 2.21. The minimum atomic E-state index is -0.000723. The number of rotatable bonds is 6. The first-order valence-corrected chi connectivity index (χ1v) is 6.35. The van der Waals surface area contributed by atoms with Gasteiger partial charge in [-0.1, -0.05) is 0 Å². The van der Waals surface area contributed by atoms with Crippen LogP contribution in [0.5, 0.6) is 0 Å². The van der Waals surface area contributed by atoms with Gasteiger partial charge in [-0.25, -0.2) is 4.98 Å². The standard InChI is InChI=1S/C12H22N4O/c1-4-16-11(14-9-15-16)8-10(13-2)12(17-3)6-5-7-12/h9-10,13H,4-8H2,1-3H3. The third-order valence-corrected chi connectivity index (χ3v) is 3.97. The molecule has 2 rings (SSSR count). The van der Waals surface area contributed by atoms with Crippen molar-refractivity contribution >= 4 is 0 Å². The van der Waals surface area contributed by atoms with E-state index in [1.807, 2.05) is 18.8 Å². The van der Waals surface area contributed by atoms with Crippen molar-refractivity contribution in [3.8, 4) is 0 Å². The fourth-order valence-electron chi connectivity index (χ4n) is 2.66. The SMILES string of the molecule is CCn1ncnc1CC(NC)C1(OC)CCC1. The zero-order valence-corrected chi connectivity index (χ0v) is 10.9. The Hall–Kier alpha value is -0.940. The van der Waals surface area contributed by atoms with Gasteiger partial charge >= 0.3 is 0 Å². The second-order valence-corrected chi connectivity index (χ2v) is 4.66. The fraction of sp³-hybridized carbons (Fsp3) is 0.833. The molecular weight excluding hydrogens is 216 g/mol. The largest absolute Gasteiger partial charge is 0.377 e. The van der Waals surface area contributed by atoms with Gasteiger partial charge in [0.15, 0.2) is 0 Å². The maximum Gasteiger partial charge on any atom is 0.138 e. The normalized spacial score (nSPS) is 19.9. The van der Waals surface area contributed by atoms with E-state index >= 15 is 0 Å². The highest BCUT2D eigenvalue weighted by Gasteiger charge is 2.44. The number of likely N-dealkylation sites (N-methyl/N-ethyl adjacent to an activating group) is 1. The molecule has 1 saturated carbocycles. The van der Waals surface area contributed by atoms with Crippen molar-refractivity contribution in [3.05, 3.63) is 12.2 Å². The molecule has 1 aliphatic rings. The second-order valence-electron chi connectivity index (χ2n) is 4.66. The lowest BCUT2D eigenvalue weighted by Crippen LogP contribution is -2.56. The molecule has 17 heavy (non-hydrogen) atoms. The van der Waals surface area contributed by atoms with Crippen LogP contribution in [0, 0.1) is 0 Å². The molecule has 1 aliphatic carbocycles. The molecule has 0 bridgehead atoms. The molecule has 0 spiro atoms. The van der Waals surface area contributed by atoms with E-state index in [1.54, 1.807) is 6.33 Å². The molecule has 1 atom stereocenters. The van der Waals surface area contributed by atoms with Crippen LogP contribution in [0.1, 0.15) is 32.0 Å². The highest BCUT2D eigenvalue weighted by Crippen LogP contribution is 2.38. The number of hydrogen-bond donors (Lipinski definition) is 1. The van der Waals surface area contributed by atoms with Gasteiger partial charge in [0.1, 0.15) is 12.2 Å². The molecule has 1 N–H and O–H groups in total. The van der Waals surface area contributed by atoms with Crippen molar-refractivity contribution in [2.45, 2.75) is 50.8 Å². The number of aryl methyl sites for hydroxylation is 1. The first kappa shape index (κ1) is 12.5. The summed E-state index contributed by atoms with van der Waals surface area (Å²) in [7, 11) is 3.81. The molecule has 1 aromatic heterocycles. The molecule has 5 heteroatoms. The number of nitrogens with one attached hydrogen (secondary N) is 1. The molecule has 0 amide bonds. The Labute approximate surface area is 103 Å². The van der Waals surface area contributed by atoms with Gasteiger partial charge in [0.05, 0.1) is 5.60 Å². The minimum absolute atomic E-state index is 0.000723. The lowest BCUT2D eigenvalue weighted by Gasteiger charge is -2.46. The quantitative estimate of drug-likeness (QED) is 0.803. The first-order chi connectivity index (χ1) is 8.25. The molecule has 1 unspecified atom stereocenters. The van der Waals surface area contributed by atoms with Crippen LogP contribution in [-0.2, 0) is 17.7 Å². The number of ether oxygens (including phenoxy) is 1. The summed E-state index contributed by atoms with van der Waals surface area (Å²) in [6.07, 6.45) is 6.03. The van der Waals surface area contributed by atoms with Crippen molar-refractivity contribution in [2.24, 2.45) is 0 Å². The molecule has 1 heterocycles. The summed E-state index contributed by atoms with van der Waals surface area (Å²) in [6.45, 7) is 2.95. The van der Waals surface area contributed by atoms with Crippen molar-refractivity contribution in [2.75, 3.05) is 14.2 Å². The number of methoxy groups -OCH3 is 1. The lowest BCUT2D eigenvalue weighted by atomic mass is 9.73. The third-order valence-electron chi connectivity index (χ3n) is 3.97. The second kappa shape index (κ2) is 5.14. The zero-order valence-electron chi connectivity index (χ0n) is 10.9. The van der Waals surface area contributed by atoms with E-state index in [-0.39, 0.29) is 5.60 Å². The van der Waals surface area contributed by atoms with Crippen LogP contribution in [0.2, 0.25) is 0 Å². The van der Waals surface area contributed by atoms with E-state index in [4.69, 9.17) is 4.74 Å². The average Bonchev–Trinajstić information content (AvgIpc) is 2.74. The molecule has 96 valence electrons. The Balaban J connectivity index is 2.09. The van der Waals surface area contributed by atoms with E-state index < -0.39 is 0 Å². The molecule has 0 aromatic carbocycles. The van der Waals surface area contributed by atoms with Gasteiger partial charge in [-0.15, -0.1) is 0 Å². The Bertz CT molecular complexity index is 354. The van der Waals surface area contributed by atoms with Gasteiger partial charge in [0, 0.05) is 26.1 Å². The van der Waals surface area contributed by atoms with Crippen LogP contribution < -0.4 is 5.32 Å². The highest BCUT2D eigenvalue weighted by atomic mass is 16.5. The first-order valence-electron chi connectivity index (χ1n) is 6.35. The van der Waals surface area contributed by atoms with Crippen LogP contribution in [0.25, 0.3) is 0 Å². The van der Waals surface area contributed by atoms with Gasteiger partial charge in [0.25, 0.3) is 0 Å². The molecular formula is C12H22N4O. The Morgan fingerprint density at radius 3 is 2.82 bits per heavy atom. The highest BCUT2D eigenvalue weighted by molar-refractivity contribution is 5.04. The molecule has 1 fully saturated rings. The van der Waals surface area contributed by atoms with Gasteiger partial charge in [-0.05, 0) is 33.2 Å². The van der Waals surface area contributed by atoms with Crippen molar-refractivity contribution in [1.29, 1.82) is 0 Å². The van der Waals surface area contributed by atoms with Crippen molar-refractivity contribution in [1.82, 2.24) is 20.1 Å². The molecule has 5 nitrogen and oxygen atoms in total. The summed E-state index contributed by atoms with van der Waals surface area (Å²) >= 11 is 0. The number of nitrogens with zero attached hydrogens (tertiary/aromatic N) is 3. The number of hydrogen-bond acceptors (Lipinski definition) is 4. The maximum atomic E-state index is 5.73. The Kier molecular flexibility index (Phi) is 3.79. The predicted molar refractivity (Wildman–Crippen MR) is 65.8 cm³/mol. The van der Waals surface area contributed by atoms with E-state index in [9.17, 15) is 0 Å². The van der Waals surface area contributed by atoms with Crippen molar-refractivity contribution in [3.63, 3.8) is 0 Å². The summed E-state index contributed by atoms with van der Waals surface area (Å²) in [5.74, 6) is 1.04. The van der Waals surface area contributed by atoms with Crippen LogP contribution in [0.4, 0.5) is 0 Å². The zero-order chi connectivity index (χ0) is 12.3. The van der Waals surface area contributed by atoms with Gasteiger partial charge in [-0.2, -0.15) is 5.10 Å². The van der Waals surface area contributed by atoms with Crippen LogP contribution in [-0.4, -0.2) is 40.6 Å². The van der Waals surface area contributed by atoms with Gasteiger partial charge in [-0.3, -0.25) is 4.68 Å². The maximum absolute atomic E-state index is 5.73. The minimum Gasteiger partial charge on any atom is -0.377 e. The molecule has 0 aliphatic heterocycles. The molecule has 1 aromatic rings. The summed E-state index contributed by atoms with van der Waals surface area (Å²) < 4.78 is 7.68. The van der Waals surface area contributed by atoms with Crippen LogP contribution in [0.3, 0.4) is 0 Å². The number of aromatic nitrogens is 3. The average molecular weight is 238 g/mol. The topological polar surface area (TPSA) is 52.0 Å². The smallest absolute Gasteiger partial charge is 0.138 e. The van der Waals surface area contributed by atoms with E-state index in [1.165, 1.54) is 6.42 Å². The lowest BCUT2D eigenvalue weighted by molar-refractivity contribution is -0.0971. The van der Waals surface area contributed by atoms with Crippen LogP contribution in [0.15, 0.2) is 6.33 Å². The monoisotopic (exact) mass is 238 g/mol. The molecule has 0 saturated heterocycles. The predicted octanol–water partition coefficient (Wildman–Crippen LogP) is 0.998. The van der Waals surface area contributed by atoms with Crippen molar-refractivity contribution < 1.29 is 4.74 Å². The summed E-state index contributed by atoms with van der Waals surface area (Å²) in [5, 5.41) is 7.59. The van der Waals surface area contributed by atoms with Gasteiger partial charge in [0.2, 0.25) is 0 Å². The Morgan fingerprint density at radius 1 is 1.59 bits per heavy atom. The fourth-order valence-corrected chi connectivity index (χ4v) is 2.66. The van der Waals surface area contributed by atoms with Crippen LogP contribution >= 0.6 is 0 Å². The summed E-state index contributed by atoms with van der Waals surface area (Å²) in [6, 6.07) is 0.316. The van der Waals surface area contributed by atoms with Gasteiger partial charge < -0.3 is 10.1 Å². The summed E-state index contributed by atoms with van der Waals surface area (Å²) in [5.41, 5.74) is -0.000723.